The molecule has 0 aliphatic carbocycles. The van der Waals surface area contributed by atoms with Gasteiger partial charge in [-0.25, -0.2) is 0 Å². The van der Waals surface area contributed by atoms with Gasteiger partial charge in [-0.15, -0.1) is 0 Å². The summed E-state index contributed by atoms with van der Waals surface area (Å²) in [5.74, 6) is 0. The number of nitrogens with one attached hydrogen (secondary N) is 1. The first-order valence-electron chi connectivity index (χ1n) is 7.18. The topological polar surface area (TPSA) is 4.44 Å². The molecule has 0 radical (unpaired) electrons. The third-order valence-electron chi connectivity index (χ3n) is 3.38. The summed E-state index contributed by atoms with van der Waals surface area (Å²) in [6, 6.07) is 0. The normalized spacial score (nSPS) is 10.5. The van der Waals surface area contributed by atoms with Crippen LogP contribution in [0, 0.1) is 0 Å². The first-order chi connectivity index (χ1) is 7.35. The van der Waals surface area contributed by atoms with E-state index in [-0.39, 0.29) is 17.0 Å². The van der Waals surface area contributed by atoms with Crippen molar-refractivity contribution in [3.63, 3.8) is 0 Å². The van der Waals surface area contributed by atoms with E-state index in [2.05, 4.69) is 20.8 Å². The molecule has 0 fully saturated rings. The van der Waals surface area contributed by atoms with Crippen molar-refractivity contribution < 1.29 is 21.9 Å². The van der Waals surface area contributed by atoms with Crippen LogP contribution in [0.1, 0.15) is 72.1 Å². The van der Waals surface area contributed by atoms with Gasteiger partial charge in [0.25, 0.3) is 0 Å². The van der Waals surface area contributed by atoms with Crippen LogP contribution in [0.3, 0.4) is 0 Å². The Morgan fingerprint density at radius 2 is 1.06 bits per heavy atom. The maximum atomic E-state index is 2.30. The number of halogens is 1. The van der Waals surface area contributed by atoms with E-state index in [0.717, 1.165) is 0 Å². The molecule has 0 atom stereocenters. The Morgan fingerprint density at radius 1 is 0.625 bits per heavy atom. The molecule has 16 heavy (non-hydrogen) atoms. The van der Waals surface area contributed by atoms with E-state index in [1.54, 1.807) is 4.90 Å². The average Bonchev–Trinajstić information content (AvgIpc) is 2.27. The standard InChI is InChI=1S/C14H31N.BrH/c1-4-7-8-9-10-11-12-13-14-15(5-2)6-3;/h4-14H2,1-3H3;1H. The molecule has 0 heterocycles. The lowest BCUT2D eigenvalue weighted by Gasteiger charge is -2.14. The van der Waals surface area contributed by atoms with Crippen LogP contribution in [0.25, 0.3) is 0 Å². The smallest absolute Gasteiger partial charge is 0.0770 e. The highest BCUT2D eigenvalue weighted by molar-refractivity contribution is 4.45. The third kappa shape index (κ3) is 12.5. The van der Waals surface area contributed by atoms with E-state index < -0.39 is 0 Å². The molecule has 0 aliphatic heterocycles. The monoisotopic (exact) mass is 293 g/mol. The Balaban J connectivity index is 0. The molecule has 2 heteroatoms. The van der Waals surface area contributed by atoms with Crippen LogP contribution in [0.2, 0.25) is 0 Å². The molecule has 0 rings (SSSR count). The van der Waals surface area contributed by atoms with Crippen LogP contribution in [0.15, 0.2) is 0 Å². The molecule has 0 bridgehead atoms. The van der Waals surface area contributed by atoms with E-state index in [1.807, 2.05) is 0 Å². The van der Waals surface area contributed by atoms with Crippen molar-refractivity contribution in [3.05, 3.63) is 0 Å². The summed E-state index contributed by atoms with van der Waals surface area (Å²) < 4.78 is 0. The van der Waals surface area contributed by atoms with Crippen LogP contribution < -0.4 is 21.9 Å². The molecule has 0 saturated heterocycles. The Labute approximate surface area is 114 Å². The SMILES string of the molecule is CCCCCCCCCC[NH+](CC)CC.[Br-]. The highest BCUT2D eigenvalue weighted by Crippen LogP contribution is 2.07. The van der Waals surface area contributed by atoms with E-state index in [9.17, 15) is 0 Å². The van der Waals surface area contributed by atoms with Gasteiger partial charge in [-0.3, -0.25) is 0 Å². The molecular formula is C14H32BrN. The fourth-order valence-electron chi connectivity index (χ4n) is 2.11. The molecule has 0 amide bonds. The summed E-state index contributed by atoms with van der Waals surface area (Å²) in [6.45, 7) is 10.9. The zero-order chi connectivity index (χ0) is 11.4. The predicted octanol–water partition coefficient (Wildman–Crippen LogP) is 0.0558. The number of quaternary nitrogens is 1. The molecule has 0 aromatic carbocycles. The van der Waals surface area contributed by atoms with Crippen LogP contribution in [-0.4, -0.2) is 19.6 Å². The summed E-state index contributed by atoms with van der Waals surface area (Å²) in [7, 11) is 0. The molecule has 0 spiro atoms. The summed E-state index contributed by atoms with van der Waals surface area (Å²) in [5.41, 5.74) is 0. The minimum absolute atomic E-state index is 0. The molecular weight excluding hydrogens is 262 g/mol. The van der Waals surface area contributed by atoms with Crippen LogP contribution in [-0.2, 0) is 0 Å². The third-order valence-corrected chi connectivity index (χ3v) is 3.38. The Kier molecular flexibility index (Phi) is 18.1. The van der Waals surface area contributed by atoms with Crippen LogP contribution in [0.4, 0.5) is 0 Å². The predicted molar refractivity (Wildman–Crippen MR) is 69.5 cm³/mol. The molecule has 1 N–H and O–H groups in total. The van der Waals surface area contributed by atoms with Gasteiger partial charge in [0.15, 0.2) is 0 Å². The van der Waals surface area contributed by atoms with Crippen molar-refractivity contribution in [2.24, 2.45) is 0 Å². The highest BCUT2D eigenvalue weighted by Gasteiger charge is 2.00. The zero-order valence-corrected chi connectivity index (χ0v) is 13.2. The molecule has 0 aromatic rings. The number of rotatable bonds is 11. The zero-order valence-electron chi connectivity index (χ0n) is 11.7. The maximum Gasteiger partial charge on any atom is 0.0770 e. The number of hydrogen-bond donors (Lipinski definition) is 1. The second-order valence-electron chi connectivity index (χ2n) is 4.68. The van der Waals surface area contributed by atoms with Crippen molar-refractivity contribution in [2.45, 2.75) is 72.1 Å². The van der Waals surface area contributed by atoms with Crippen LogP contribution in [0.5, 0.6) is 0 Å². The van der Waals surface area contributed by atoms with Crippen molar-refractivity contribution in [1.82, 2.24) is 0 Å². The lowest BCUT2D eigenvalue weighted by Crippen LogP contribution is -3.11. The first kappa shape index (κ1) is 18.8. The van der Waals surface area contributed by atoms with Gasteiger partial charge in [-0.2, -0.15) is 0 Å². The number of unbranched alkanes of at least 4 members (excludes halogenated alkanes) is 7. The summed E-state index contributed by atoms with van der Waals surface area (Å²) in [4.78, 5) is 1.76. The Bertz CT molecular complexity index is 113. The average molecular weight is 294 g/mol. The van der Waals surface area contributed by atoms with Gasteiger partial charge >= 0.3 is 0 Å². The van der Waals surface area contributed by atoms with Gasteiger partial charge in [-0.1, -0.05) is 45.4 Å². The molecule has 100 valence electrons. The fourth-order valence-corrected chi connectivity index (χ4v) is 2.11. The molecule has 1 nitrogen and oxygen atoms in total. The van der Waals surface area contributed by atoms with E-state index in [0.29, 0.717) is 0 Å². The minimum atomic E-state index is 0. The second kappa shape index (κ2) is 15.4. The van der Waals surface area contributed by atoms with Gasteiger partial charge in [-0.05, 0) is 26.7 Å². The Morgan fingerprint density at radius 3 is 1.50 bits per heavy atom. The Hall–Kier alpha value is 0.440. The second-order valence-corrected chi connectivity index (χ2v) is 4.68. The molecule has 0 aliphatic rings. The van der Waals surface area contributed by atoms with E-state index >= 15 is 0 Å². The van der Waals surface area contributed by atoms with Gasteiger partial charge in [0, 0.05) is 0 Å². The van der Waals surface area contributed by atoms with Gasteiger partial charge in [0.05, 0.1) is 19.6 Å². The van der Waals surface area contributed by atoms with Crippen molar-refractivity contribution in [1.29, 1.82) is 0 Å². The fraction of sp³-hybridized carbons (Fsp3) is 1.00. The summed E-state index contributed by atoms with van der Waals surface area (Å²) in [5, 5.41) is 0. The van der Waals surface area contributed by atoms with Gasteiger partial charge < -0.3 is 21.9 Å². The lowest BCUT2D eigenvalue weighted by molar-refractivity contribution is -0.896. The van der Waals surface area contributed by atoms with Crippen molar-refractivity contribution in [3.8, 4) is 0 Å². The highest BCUT2D eigenvalue weighted by atomic mass is 79.9. The summed E-state index contributed by atoms with van der Waals surface area (Å²) >= 11 is 0. The first-order valence-corrected chi connectivity index (χ1v) is 7.18. The maximum absolute atomic E-state index is 2.30. The molecule has 0 aromatic heterocycles. The number of hydrogen-bond acceptors (Lipinski definition) is 0. The van der Waals surface area contributed by atoms with Crippen LogP contribution >= 0.6 is 0 Å². The van der Waals surface area contributed by atoms with E-state index in [1.165, 1.54) is 71.0 Å². The molecule has 0 unspecified atom stereocenters. The largest absolute Gasteiger partial charge is 1.00 e. The summed E-state index contributed by atoms with van der Waals surface area (Å²) in [6.07, 6.45) is 11.5. The van der Waals surface area contributed by atoms with E-state index in [4.69, 9.17) is 0 Å². The van der Waals surface area contributed by atoms with Crippen molar-refractivity contribution >= 4 is 0 Å². The molecule has 0 saturated carbocycles. The van der Waals surface area contributed by atoms with Gasteiger partial charge in [0.1, 0.15) is 0 Å². The van der Waals surface area contributed by atoms with Gasteiger partial charge in [0.2, 0.25) is 0 Å². The minimum Gasteiger partial charge on any atom is -1.00 e. The van der Waals surface area contributed by atoms with Crippen molar-refractivity contribution in [2.75, 3.05) is 19.6 Å². The quantitative estimate of drug-likeness (QED) is 0.514. The lowest BCUT2D eigenvalue weighted by atomic mass is 10.1.